The molecule has 0 unspecified atom stereocenters. The lowest BCUT2D eigenvalue weighted by atomic mass is 10.1. The number of benzene rings is 2. The molecule has 1 aliphatic heterocycles. The van der Waals surface area contributed by atoms with Gasteiger partial charge in [-0.1, -0.05) is 30.3 Å². The molecule has 2 aromatic heterocycles. The van der Waals surface area contributed by atoms with E-state index in [0.717, 1.165) is 20.9 Å². The molecule has 1 aliphatic rings. The molecule has 2 N–H and O–H groups in total. The Hall–Kier alpha value is -4.26. The molecule has 0 fully saturated rings. The predicted octanol–water partition coefficient (Wildman–Crippen LogP) is 3.04. The van der Waals surface area contributed by atoms with Gasteiger partial charge in [-0.25, -0.2) is 19.3 Å². The SMILES string of the molecule is O=c1[nH]c(=O)n(-c2ccc3ccccc3c2)c(O)c1/C=C1/C=Nc2ncccc21. The van der Waals surface area contributed by atoms with Gasteiger partial charge in [-0.05, 0) is 41.1 Å². The number of aromatic hydroxyl groups is 1. The molecular weight excluding hydrogens is 368 g/mol. The average Bonchev–Trinajstić information content (AvgIpc) is 3.14. The smallest absolute Gasteiger partial charge is 0.335 e. The summed E-state index contributed by atoms with van der Waals surface area (Å²) in [7, 11) is 0. The second-order valence-electron chi connectivity index (χ2n) is 6.60. The quantitative estimate of drug-likeness (QED) is 0.556. The van der Waals surface area contributed by atoms with E-state index < -0.39 is 17.1 Å². The van der Waals surface area contributed by atoms with Gasteiger partial charge in [0, 0.05) is 23.5 Å². The van der Waals surface area contributed by atoms with E-state index in [4.69, 9.17) is 0 Å². The summed E-state index contributed by atoms with van der Waals surface area (Å²) >= 11 is 0. The summed E-state index contributed by atoms with van der Waals surface area (Å²) in [5.74, 6) is 0.102. The normalized spacial score (nSPS) is 13.9. The maximum Gasteiger partial charge on any atom is 0.335 e. The number of nitrogens with zero attached hydrogens (tertiary/aromatic N) is 3. The molecule has 0 radical (unpaired) electrons. The van der Waals surface area contributed by atoms with E-state index in [1.165, 1.54) is 6.08 Å². The lowest BCUT2D eigenvalue weighted by Gasteiger charge is -2.11. The first kappa shape index (κ1) is 16.9. The molecular formula is C22H14N4O3. The van der Waals surface area contributed by atoms with Crippen LogP contribution in [0.2, 0.25) is 0 Å². The minimum atomic E-state index is -0.716. The Labute approximate surface area is 164 Å². The van der Waals surface area contributed by atoms with Crippen LogP contribution in [-0.4, -0.2) is 25.9 Å². The Morgan fingerprint density at radius 3 is 2.69 bits per heavy atom. The zero-order chi connectivity index (χ0) is 20.0. The van der Waals surface area contributed by atoms with Crippen LogP contribution in [-0.2, 0) is 0 Å². The van der Waals surface area contributed by atoms with Crippen LogP contribution in [0.5, 0.6) is 5.88 Å². The molecule has 0 spiro atoms. The Balaban J connectivity index is 1.71. The molecule has 0 bridgehead atoms. The molecule has 0 amide bonds. The van der Waals surface area contributed by atoms with Crippen LogP contribution in [0.3, 0.4) is 0 Å². The number of H-pyrrole nitrogens is 1. The number of aliphatic imine (C=N–C) groups is 1. The van der Waals surface area contributed by atoms with Crippen molar-refractivity contribution in [1.29, 1.82) is 0 Å². The fraction of sp³-hybridized carbons (Fsp3) is 0. The van der Waals surface area contributed by atoms with Crippen LogP contribution < -0.4 is 11.2 Å². The number of pyridine rings is 1. The predicted molar refractivity (Wildman–Crippen MR) is 112 cm³/mol. The zero-order valence-corrected chi connectivity index (χ0v) is 15.0. The number of allylic oxidation sites excluding steroid dienone is 1. The summed E-state index contributed by atoms with van der Waals surface area (Å²) in [5, 5.41) is 12.7. The fourth-order valence-electron chi connectivity index (χ4n) is 3.42. The number of rotatable bonds is 2. The lowest BCUT2D eigenvalue weighted by Crippen LogP contribution is -2.30. The van der Waals surface area contributed by atoms with Crippen molar-refractivity contribution in [2.45, 2.75) is 0 Å². The summed E-state index contributed by atoms with van der Waals surface area (Å²) < 4.78 is 1.08. The topological polar surface area (TPSA) is 100 Å². The van der Waals surface area contributed by atoms with Crippen LogP contribution in [0.15, 0.2) is 75.4 Å². The Kier molecular flexibility index (Phi) is 3.74. The highest BCUT2D eigenvalue weighted by Crippen LogP contribution is 2.31. The maximum atomic E-state index is 12.5. The number of aromatic amines is 1. The van der Waals surface area contributed by atoms with Crippen LogP contribution >= 0.6 is 0 Å². The standard InChI is InChI=1S/C22H14N4O3/c27-20-18(11-15-12-24-19-17(15)6-3-9-23-19)21(28)26(22(29)25-20)16-8-7-13-4-1-2-5-14(13)10-16/h1-12,28H,(H,25,27,29)/b15-11-. The largest absolute Gasteiger partial charge is 0.494 e. The molecule has 29 heavy (non-hydrogen) atoms. The highest BCUT2D eigenvalue weighted by Gasteiger charge is 2.18. The van der Waals surface area contributed by atoms with E-state index in [1.807, 2.05) is 36.4 Å². The Bertz CT molecular complexity index is 1460. The van der Waals surface area contributed by atoms with Crippen molar-refractivity contribution in [2.75, 3.05) is 0 Å². The van der Waals surface area contributed by atoms with Crippen molar-refractivity contribution in [3.8, 4) is 11.6 Å². The van der Waals surface area contributed by atoms with E-state index in [2.05, 4.69) is 15.0 Å². The number of nitrogens with one attached hydrogen (secondary N) is 1. The summed E-state index contributed by atoms with van der Waals surface area (Å²) in [6.45, 7) is 0. The van der Waals surface area contributed by atoms with E-state index >= 15 is 0 Å². The molecule has 4 aromatic rings. The lowest BCUT2D eigenvalue weighted by molar-refractivity contribution is 0.429. The van der Waals surface area contributed by atoms with Crippen molar-refractivity contribution < 1.29 is 5.11 Å². The fourth-order valence-corrected chi connectivity index (χ4v) is 3.42. The second kappa shape index (κ2) is 6.42. The van der Waals surface area contributed by atoms with Gasteiger partial charge in [0.05, 0.1) is 5.69 Å². The third-order valence-corrected chi connectivity index (χ3v) is 4.84. The van der Waals surface area contributed by atoms with Crippen LogP contribution in [0, 0.1) is 0 Å². The first-order chi connectivity index (χ1) is 14.1. The first-order valence-corrected chi connectivity index (χ1v) is 8.90. The van der Waals surface area contributed by atoms with E-state index in [-0.39, 0.29) is 5.56 Å². The van der Waals surface area contributed by atoms with Gasteiger partial charge in [0.15, 0.2) is 5.82 Å². The van der Waals surface area contributed by atoms with Gasteiger partial charge in [-0.3, -0.25) is 9.78 Å². The van der Waals surface area contributed by atoms with Gasteiger partial charge in [-0.2, -0.15) is 0 Å². The van der Waals surface area contributed by atoms with Gasteiger partial charge in [0.25, 0.3) is 5.56 Å². The average molecular weight is 382 g/mol. The molecule has 2 aromatic carbocycles. The molecule has 0 aliphatic carbocycles. The molecule has 0 atom stereocenters. The van der Waals surface area contributed by atoms with E-state index in [9.17, 15) is 14.7 Å². The highest BCUT2D eigenvalue weighted by atomic mass is 16.3. The van der Waals surface area contributed by atoms with Crippen LogP contribution in [0.25, 0.3) is 28.1 Å². The summed E-state index contributed by atoms with van der Waals surface area (Å²) in [4.78, 5) is 35.5. The van der Waals surface area contributed by atoms with Gasteiger partial charge >= 0.3 is 5.69 Å². The molecule has 140 valence electrons. The molecule has 3 heterocycles. The maximum absolute atomic E-state index is 12.5. The van der Waals surface area contributed by atoms with Crippen molar-refractivity contribution >= 4 is 34.5 Å². The minimum Gasteiger partial charge on any atom is -0.494 e. The molecule has 5 rings (SSSR count). The van der Waals surface area contributed by atoms with E-state index in [1.54, 1.807) is 30.6 Å². The van der Waals surface area contributed by atoms with Gasteiger partial charge in [0.2, 0.25) is 5.88 Å². The van der Waals surface area contributed by atoms with Crippen molar-refractivity contribution in [3.63, 3.8) is 0 Å². The van der Waals surface area contributed by atoms with E-state index in [0.29, 0.717) is 17.1 Å². The monoisotopic (exact) mass is 382 g/mol. The van der Waals surface area contributed by atoms with Gasteiger partial charge < -0.3 is 5.11 Å². The third-order valence-electron chi connectivity index (χ3n) is 4.84. The number of fused-ring (bicyclic) bond motifs is 2. The summed E-state index contributed by atoms with van der Waals surface area (Å²) in [5.41, 5.74) is 0.391. The summed E-state index contributed by atoms with van der Waals surface area (Å²) in [6.07, 6.45) is 4.70. The third kappa shape index (κ3) is 2.76. The van der Waals surface area contributed by atoms with Crippen molar-refractivity contribution in [1.82, 2.24) is 14.5 Å². The first-order valence-electron chi connectivity index (χ1n) is 8.90. The summed E-state index contributed by atoms with van der Waals surface area (Å²) in [6, 6.07) is 16.6. The minimum absolute atomic E-state index is 0.0316. The number of hydrogen-bond acceptors (Lipinski definition) is 5. The van der Waals surface area contributed by atoms with Gasteiger partial charge in [0.1, 0.15) is 5.56 Å². The Morgan fingerprint density at radius 2 is 1.83 bits per heavy atom. The molecule has 7 heteroatoms. The van der Waals surface area contributed by atoms with Crippen LogP contribution in [0.4, 0.5) is 5.82 Å². The highest BCUT2D eigenvalue weighted by molar-refractivity contribution is 6.21. The van der Waals surface area contributed by atoms with Gasteiger partial charge in [-0.15, -0.1) is 0 Å². The van der Waals surface area contributed by atoms with Crippen LogP contribution in [0.1, 0.15) is 11.1 Å². The zero-order valence-electron chi connectivity index (χ0n) is 15.0. The second-order valence-corrected chi connectivity index (χ2v) is 6.60. The molecule has 0 saturated carbocycles. The van der Waals surface area contributed by atoms with Crippen molar-refractivity contribution in [2.24, 2.45) is 4.99 Å². The van der Waals surface area contributed by atoms with Crippen molar-refractivity contribution in [3.05, 3.63) is 92.8 Å². The molecule has 0 saturated heterocycles. The molecule has 7 nitrogen and oxygen atoms in total. The number of aromatic nitrogens is 3. The Morgan fingerprint density at radius 1 is 1.00 bits per heavy atom. The number of hydrogen-bond donors (Lipinski definition) is 2.